The lowest BCUT2D eigenvalue weighted by Crippen LogP contribution is -2.10. The van der Waals surface area contributed by atoms with Gasteiger partial charge >= 0.3 is 0 Å². The van der Waals surface area contributed by atoms with Crippen LogP contribution in [0.25, 0.3) is 11.2 Å². The number of halogens is 1. The Morgan fingerprint density at radius 1 is 1.36 bits per heavy atom. The molecule has 0 fully saturated rings. The summed E-state index contributed by atoms with van der Waals surface area (Å²) >= 11 is 5.96. The Bertz CT molecular complexity index is 470. The molecule has 0 aliphatic carbocycles. The fourth-order valence-electron chi connectivity index (χ4n) is 1.13. The quantitative estimate of drug-likeness (QED) is 0.671. The molecule has 2 rings (SSSR count). The second-order valence-corrected chi connectivity index (χ2v) is 4.62. The third-order valence-corrected chi connectivity index (χ3v) is 2.19. The Balaban J connectivity index is 2.69. The van der Waals surface area contributed by atoms with Crippen LogP contribution in [0.4, 0.5) is 0 Å². The SMILES string of the molecule is CC(C)(C)c1nc2c(Cl)ccnc2o1. The maximum absolute atomic E-state index is 5.96. The van der Waals surface area contributed by atoms with Gasteiger partial charge in [0, 0.05) is 11.6 Å². The predicted molar refractivity (Wildman–Crippen MR) is 55.5 cm³/mol. The van der Waals surface area contributed by atoms with Crippen LogP contribution in [0.2, 0.25) is 5.02 Å². The molecule has 0 amide bonds. The fraction of sp³-hybridized carbons (Fsp3) is 0.400. The number of hydrogen-bond donors (Lipinski definition) is 0. The van der Waals surface area contributed by atoms with Gasteiger partial charge in [-0.1, -0.05) is 32.4 Å². The van der Waals surface area contributed by atoms with E-state index >= 15 is 0 Å². The zero-order chi connectivity index (χ0) is 10.3. The Hall–Kier alpha value is -1.09. The summed E-state index contributed by atoms with van der Waals surface area (Å²) in [5.41, 5.74) is 1.02. The van der Waals surface area contributed by atoms with Crippen LogP contribution in [0.3, 0.4) is 0 Å². The van der Waals surface area contributed by atoms with Crippen LogP contribution in [-0.2, 0) is 5.41 Å². The second-order valence-electron chi connectivity index (χ2n) is 4.22. The minimum atomic E-state index is -0.121. The van der Waals surface area contributed by atoms with Crippen LogP contribution in [0.5, 0.6) is 0 Å². The zero-order valence-electron chi connectivity index (χ0n) is 8.34. The molecule has 0 saturated carbocycles. The van der Waals surface area contributed by atoms with Crippen molar-refractivity contribution in [2.45, 2.75) is 26.2 Å². The van der Waals surface area contributed by atoms with E-state index in [1.807, 2.05) is 20.8 Å². The lowest BCUT2D eigenvalue weighted by molar-refractivity contribution is 0.407. The summed E-state index contributed by atoms with van der Waals surface area (Å²) in [5.74, 6) is 0.660. The monoisotopic (exact) mass is 210 g/mol. The molecule has 4 heteroatoms. The van der Waals surface area contributed by atoms with Crippen molar-refractivity contribution in [3.63, 3.8) is 0 Å². The van der Waals surface area contributed by atoms with E-state index in [2.05, 4.69) is 9.97 Å². The number of pyridine rings is 1. The molecule has 74 valence electrons. The van der Waals surface area contributed by atoms with Crippen LogP contribution in [0.1, 0.15) is 26.7 Å². The van der Waals surface area contributed by atoms with Gasteiger partial charge < -0.3 is 4.42 Å². The highest BCUT2D eigenvalue weighted by Gasteiger charge is 2.22. The van der Waals surface area contributed by atoms with Gasteiger partial charge in [-0.05, 0) is 6.07 Å². The third-order valence-electron chi connectivity index (χ3n) is 1.89. The summed E-state index contributed by atoms with van der Waals surface area (Å²) < 4.78 is 5.51. The van der Waals surface area contributed by atoms with Crippen molar-refractivity contribution in [3.05, 3.63) is 23.2 Å². The van der Waals surface area contributed by atoms with Gasteiger partial charge in [-0.3, -0.25) is 0 Å². The summed E-state index contributed by atoms with van der Waals surface area (Å²) in [6.45, 7) is 6.10. The fourth-order valence-corrected chi connectivity index (χ4v) is 1.30. The molecule has 2 aromatic heterocycles. The van der Waals surface area contributed by atoms with Crippen LogP contribution >= 0.6 is 11.6 Å². The molecule has 14 heavy (non-hydrogen) atoms. The van der Waals surface area contributed by atoms with E-state index < -0.39 is 0 Å². The molecule has 0 unspecified atom stereocenters. The number of oxazole rings is 1. The summed E-state index contributed by atoms with van der Waals surface area (Å²) in [5, 5.41) is 0.578. The Morgan fingerprint density at radius 2 is 2.07 bits per heavy atom. The minimum Gasteiger partial charge on any atom is -0.422 e. The van der Waals surface area contributed by atoms with Crippen molar-refractivity contribution >= 4 is 22.8 Å². The van der Waals surface area contributed by atoms with Crippen molar-refractivity contribution in [1.82, 2.24) is 9.97 Å². The highest BCUT2D eigenvalue weighted by atomic mass is 35.5. The molecular weight excluding hydrogens is 200 g/mol. The Kier molecular flexibility index (Phi) is 2.00. The molecule has 0 radical (unpaired) electrons. The molecule has 0 aliphatic rings. The maximum atomic E-state index is 5.96. The van der Waals surface area contributed by atoms with Crippen molar-refractivity contribution in [3.8, 4) is 0 Å². The average Bonchev–Trinajstić information content (AvgIpc) is 2.48. The van der Waals surface area contributed by atoms with Gasteiger partial charge in [0.15, 0.2) is 0 Å². The van der Waals surface area contributed by atoms with E-state index in [1.54, 1.807) is 12.3 Å². The van der Waals surface area contributed by atoms with Gasteiger partial charge in [-0.2, -0.15) is 0 Å². The van der Waals surface area contributed by atoms with Crippen molar-refractivity contribution in [1.29, 1.82) is 0 Å². The molecule has 0 aliphatic heterocycles. The second kappa shape index (κ2) is 2.95. The van der Waals surface area contributed by atoms with Crippen LogP contribution in [0, 0.1) is 0 Å². The van der Waals surface area contributed by atoms with E-state index in [0.29, 0.717) is 22.1 Å². The van der Waals surface area contributed by atoms with Gasteiger partial charge in [-0.25, -0.2) is 9.97 Å². The molecular formula is C10H11ClN2O. The molecule has 0 N–H and O–H groups in total. The molecule has 0 atom stereocenters. The predicted octanol–water partition coefficient (Wildman–Crippen LogP) is 3.17. The number of nitrogens with zero attached hydrogens (tertiary/aromatic N) is 2. The van der Waals surface area contributed by atoms with E-state index in [9.17, 15) is 0 Å². The van der Waals surface area contributed by atoms with E-state index in [0.717, 1.165) is 0 Å². The van der Waals surface area contributed by atoms with E-state index in [1.165, 1.54) is 0 Å². The molecule has 0 saturated heterocycles. The van der Waals surface area contributed by atoms with Gasteiger partial charge in [0.2, 0.25) is 11.6 Å². The van der Waals surface area contributed by atoms with Gasteiger partial charge in [-0.15, -0.1) is 0 Å². The average molecular weight is 211 g/mol. The van der Waals surface area contributed by atoms with Crippen molar-refractivity contribution < 1.29 is 4.42 Å². The smallest absolute Gasteiger partial charge is 0.248 e. The summed E-state index contributed by atoms with van der Waals surface area (Å²) in [4.78, 5) is 8.38. The van der Waals surface area contributed by atoms with Crippen LogP contribution in [-0.4, -0.2) is 9.97 Å². The molecule has 0 bridgehead atoms. The maximum Gasteiger partial charge on any atom is 0.248 e. The first-order valence-corrected chi connectivity index (χ1v) is 4.78. The Morgan fingerprint density at radius 3 is 2.64 bits per heavy atom. The number of rotatable bonds is 0. The Labute approximate surface area is 87.1 Å². The first kappa shape index (κ1) is 9.46. The summed E-state index contributed by atoms with van der Waals surface area (Å²) in [7, 11) is 0. The largest absolute Gasteiger partial charge is 0.422 e. The van der Waals surface area contributed by atoms with E-state index in [-0.39, 0.29) is 5.41 Å². The highest BCUT2D eigenvalue weighted by Crippen LogP contribution is 2.27. The number of fused-ring (bicyclic) bond motifs is 1. The zero-order valence-corrected chi connectivity index (χ0v) is 9.09. The number of hydrogen-bond acceptors (Lipinski definition) is 3. The van der Waals surface area contributed by atoms with Crippen LogP contribution < -0.4 is 0 Å². The first-order chi connectivity index (χ1) is 6.48. The van der Waals surface area contributed by atoms with E-state index in [4.69, 9.17) is 16.0 Å². The standard InChI is InChI=1S/C10H11ClN2O/c1-10(2,3)9-13-7-6(11)4-5-12-8(7)14-9/h4-5H,1-3H3. The van der Waals surface area contributed by atoms with Crippen molar-refractivity contribution in [2.75, 3.05) is 0 Å². The van der Waals surface area contributed by atoms with Gasteiger partial charge in [0.05, 0.1) is 5.02 Å². The van der Waals surface area contributed by atoms with Crippen LogP contribution in [0.15, 0.2) is 16.7 Å². The lowest BCUT2D eigenvalue weighted by atomic mass is 9.97. The number of aromatic nitrogens is 2. The van der Waals surface area contributed by atoms with Gasteiger partial charge in [0.1, 0.15) is 5.52 Å². The first-order valence-electron chi connectivity index (χ1n) is 4.40. The summed E-state index contributed by atoms with van der Waals surface area (Å²) in [6.07, 6.45) is 1.61. The molecule has 2 heterocycles. The molecule has 0 aromatic carbocycles. The molecule has 3 nitrogen and oxygen atoms in total. The molecule has 0 spiro atoms. The lowest BCUT2D eigenvalue weighted by Gasteiger charge is -2.11. The topological polar surface area (TPSA) is 38.9 Å². The van der Waals surface area contributed by atoms with Crippen molar-refractivity contribution in [2.24, 2.45) is 0 Å². The normalized spacial score (nSPS) is 12.3. The minimum absolute atomic E-state index is 0.121. The van der Waals surface area contributed by atoms with Gasteiger partial charge in [0.25, 0.3) is 0 Å². The highest BCUT2D eigenvalue weighted by molar-refractivity contribution is 6.34. The molecule has 2 aromatic rings. The summed E-state index contributed by atoms with van der Waals surface area (Å²) in [6, 6.07) is 1.71. The third kappa shape index (κ3) is 1.48.